The average Bonchev–Trinajstić information content (AvgIpc) is 2.95. The summed E-state index contributed by atoms with van der Waals surface area (Å²) < 4.78 is 7.27. The van der Waals surface area contributed by atoms with Crippen molar-refractivity contribution in [3.63, 3.8) is 0 Å². The number of para-hydroxylation sites is 2. The topological polar surface area (TPSA) is 30.7 Å². The highest BCUT2D eigenvalue weighted by molar-refractivity contribution is 6.20. The van der Waals surface area contributed by atoms with Gasteiger partial charge in [0.1, 0.15) is 5.75 Å². The quantitative estimate of drug-likeness (QED) is 0.434. The summed E-state index contributed by atoms with van der Waals surface area (Å²) in [6.45, 7) is 0. The molecule has 3 heteroatoms. The summed E-state index contributed by atoms with van der Waals surface area (Å²) in [5, 5.41) is 4.86. The first-order valence-corrected chi connectivity index (χ1v) is 7.55. The molecular weight excluding hydrogens is 286 g/mol. The van der Waals surface area contributed by atoms with Crippen LogP contribution < -0.4 is 10.3 Å². The molecule has 0 bridgehead atoms. The van der Waals surface area contributed by atoms with E-state index in [0.29, 0.717) is 11.1 Å². The number of ether oxygens (including phenoxy) is 1. The van der Waals surface area contributed by atoms with Gasteiger partial charge in [0.25, 0.3) is 5.56 Å². The fourth-order valence-electron chi connectivity index (χ4n) is 3.70. The van der Waals surface area contributed by atoms with Crippen LogP contribution in [0.4, 0.5) is 0 Å². The predicted octanol–water partition coefficient (Wildman–Crippen LogP) is 4.21. The van der Waals surface area contributed by atoms with Gasteiger partial charge < -0.3 is 4.74 Å². The van der Waals surface area contributed by atoms with E-state index in [0.717, 1.165) is 32.6 Å². The lowest BCUT2D eigenvalue weighted by molar-refractivity contribution is 0.419. The lowest BCUT2D eigenvalue weighted by Gasteiger charge is -2.09. The molecule has 2 heterocycles. The van der Waals surface area contributed by atoms with E-state index in [2.05, 4.69) is 18.2 Å². The minimum atomic E-state index is -0.0256. The van der Waals surface area contributed by atoms with Gasteiger partial charge in [-0.05, 0) is 12.1 Å². The number of aromatic nitrogens is 1. The van der Waals surface area contributed by atoms with E-state index >= 15 is 0 Å². The van der Waals surface area contributed by atoms with Gasteiger partial charge >= 0.3 is 0 Å². The van der Waals surface area contributed by atoms with Crippen molar-refractivity contribution in [2.45, 2.75) is 0 Å². The van der Waals surface area contributed by atoms with Crippen LogP contribution in [0.5, 0.6) is 5.75 Å². The van der Waals surface area contributed by atoms with E-state index < -0.39 is 0 Å². The summed E-state index contributed by atoms with van der Waals surface area (Å²) >= 11 is 0. The second-order valence-corrected chi connectivity index (χ2v) is 5.74. The molecular formula is C20H13NO2. The highest BCUT2D eigenvalue weighted by Crippen LogP contribution is 2.35. The molecule has 0 atom stereocenters. The molecule has 0 radical (unpaired) electrons. The summed E-state index contributed by atoms with van der Waals surface area (Å²) in [4.78, 5) is 13.2. The van der Waals surface area contributed by atoms with Crippen LogP contribution in [0, 0.1) is 0 Å². The number of fused-ring (bicyclic) bond motifs is 5. The van der Waals surface area contributed by atoms with Crippen molar-refractivity contribution in [2.24, 2.45) is 0 Å². The Kier molecular flexibility index (Phi) is 2.29. The van der Waals surface area contributed by atoms with Crippen molar-refractivity contribution in [1.29, 1.82) is 0 Å². The Morgan fingerprint density at radius 1 is 0.783 bits per heavy atom. The number of rotatable bonds is 1. The number of nitrogens with zero attached hydrogens (tertiary/aromatic N) is 1. The third kappa shape index (κ3) is 1.41. The van der Waals surface area contributed by atoms with E-state index in [1.807, 2.05) is 46.9 Å². The van der Waals surface area contributed by atoms with Crippen LogP contribution in [0.25, 0.3) is 38.0 Å². The van der Waals surface area contributed by atoms with Crippen molar-refractivity contribution in [1.82, 2.24) is 4.40 Å². The third-order valence-electron chi connectivity index (χ3n) is 4.65. The molecule has 0 aliphatic heterocycles. The maximum absolute atomic E-state index is 13.2. The molecule has 0 aliphatic carbocycles. The van der Waals surface area contributed by atoms with Crippen molar-refractivity contribution < 1.29 is 4.74 Å². The molecule has 5 rings (SSSR count). The van der Waals surface area contributed by atoms with Gasteiger partial charge in [-0.25, -0.2) is 0 Å². The molecule has 0 amide bonds. The predicted molar refractivity (Wildman–Crippen MR) is 93.9 cm³/mol. The second-order valence-electron chi connectivity index (χ2n) is 5.74. The SMILES string of the molecule is COc1cccc2c1c(=O)n1c3ccccc3c3cccc2c31. The lowest BCUT2D eigenvalue weighted by Crippen LogP contribution is -2.13. The molecule has 0 fully saturated rings. The van der Waals surface area contributed by atoms with Crippen LogP contribution in [-0.2, 0) is 0 Å². The highest BCUT2D eigenvalue weighted by Gasteiger charge is 2.18. The van der Waals surface area contributed by atoms with E-state index in [9.17, 15) is 4.79 Å². The smallest absolute Gasteiger partial charge is 0.267 e. The Morgan fingerprint density at radius 3 is 2.26 bits per heavy atom. The zero-order valence-electron chi connectivity index (χ0n) is 12.5. The number of methoxy groups -OCH3 is 1. The summed E-state index contributed by atoms with van der Waals surface area (Å²) in [6, 6.07) is 20.0. The summed E-state index contributed by atoms with van der Waals surface area (Å²) in [5.74, 6) is 0.618. The molecule has 3 aromatic carbocycles. The minimum Gasteiger partial charge on any atom is -0.496 e. The highest BCUT2D eigenvalue weighted by atomic mass is 16.5. The number of hydrogen-bond acceptors (Lipinski definition) is 2. The monoisotopic (exact) mass is 299 g/mol. The first-order chi connectivity index (χ1) is 11.3. The van der Waals surface area contributed by atoms with Gasteiger partial charge in [0.2, 0.25) is 0 Å². The van der Waals surface area contributed by atoms with Crippen molar-refractivity contribution >= 4 is 38.0 Å². The Labute approximate surface area is 131 Å². The van der Waals surface area contributed by atoms with Crippen molar-refractivity contribution in [2.75, 3.05) is 7.11 Å². The molecule has 0 spiro atoms. The van der Waals surface area contributed by atoms with Crippen molar-refractivity contribution in [3.8, 4) is 5.75 Å². The molecule has 0 saturated heterocycles. The maximum atomic E-state index is 13.2. The van der Waals surface area contributed by atoms with Crippen LogP contribution in [0.15, 0.2) is 65.5 Å². The molecule has 0 saturated carbocycles. The number of pyridine rings is 1. The zero-order chi connectivity index (χ0) is 15.6. The molecule has 23 heavy (non-hydrogen) atoms. The van der Waals surface area contributed by atoms with Gasteiger partial charge in [-0.2, -0.15) is 0 Å². The fourth-order valence-corrected chi connectivity index (χ4v) is 3.70. The van der Waals surface area contributed by atoms with E-state index in [1.54, 1.807) is 7.11 Å². The Morgan fingerprint density at radius 2 is 1.43 bits per heavy atom. The zero-order valence-corrected chi connectivity index (χ0v) is 12.5. The van der Waals surface area contributed by atoms with Gasteiger partial charge in [-0.1, -0.05) is 48.5 Å². The summed E-state index contributed by atoms with van der Waals surface area (Å²) in [5.41, 5.74) is 1.90. The second kappa shape index (κ2) is 4.23. The molecule has 0 N–H and O–H groups in total. The Bertz CT molecular complexity index is 1270. The van der Waals surface area contributed by atoms with Crippen LogP contribution >= 0.6 is 0 Å². The summed E-state index contributed by atoms with van der Waals surface area (Å²) in [7, 11) is 1.60. The molecule has 0 unspecified atom stereocenters. The van der Waals surface area contributed by atoms with Gasteiger partial charge in [-0.3, -0.25) is 9.20 Å². The van der Waals surface area contributed by atoms with E-state index in [-0.39, 0.29) is 5.56 Å². The van der Waals surface area contributed by atoms with Crippen LogP contribution in [0.1, 0.15) is 0 Å². The average molecular weight is 299 g/mol. The summed E-state index contributed by atoms with van der Waals surface area (Å²) in [6.07, 6.45) is 0. The van der Waals surface area contributed by atoms with E-state index in [1.165, 1.54) is 0 Å². The molecule has 0 aliphatic rings. The van der Waals surface area contributed by atoms with Crippen LogP contribution in [-0.4, -0.2) is 11.5 Å². The lowest BCUT2D eigenvalue weighted by atomic mass is 10.0. The van der Waals surface area contributed by atoms with Gasteiger partial charge in [0, 0.05) is 21.5 Å². The van der Waals surface area contributed by atoms with Gasteiger partial charge in [0.05, 0.1) is 23.5 Å². The molecule has 110 valence electrons. The van der Waals surface area contributed by atoms with Gasteiger partial charge in [-0.15, -0.1) is 0 Å². The van der Waals surface area contributed by atoms with Crippen LogP contribution in [0.2, 0.25) is 0 Å². The third-order valence-corrected chi connectivity index (χ3v) is 4.65. The van der Waals surface area contributed by atoms with Gasteiger partial charge in [0.15, 0.2) is 0 Å². The fraction of sp³-hybridized carbons (Fsp3) is 0.0500. The molecule has 2 aromatic heterocycles. The first-order valence-electron chi connectivity index (χ1n) is 7.55. The normalized spacial score (nSPS) is 11.9. The van der Waals surface area contributed by atoms with Crippen LogP contribution in [0.3, 0.4) is 0 Å². The van der Waals surface area contributed by atoms with Crippen molar-refractivity contribution in [3.05, 3.63) is 71.0 Å². The standard InChI is InChI=1S/C20H13NO2/c1-23-17-11-5-7-13-15-9-4-8-14-12-6-2-3-10-16(12)21(19(14)15)20(22)18(13)17/h2-11H,1H3. The maximum Gasteiger partial charge on any atom is 0.267 e. The molecule has 3 nitrogen and oxygen atoms in total. The van der Waals surface area contributed by atoms with E-state index in [4.69, 9.17) is 4.74 Å². The largest absolute Gasteiger partial charge is 0.496 e. The first kappa shape index (κ1) is 12.5. The Balaban J connectivity index is 2.27. The Hall–Kier alpha value is -3.07. The number of benzene rings is 3. The molecule has 5 aromatic rings. The number of hydrogen-bond donors (Lipinski definition) is 0. The minimum absolute atomic E-state index is 0.0256.